The molecular formula is C14H19BrN2O4. The quantitative estimate of drug-likeness (QED) is 0.734. The lowest BCUT2D eigenvalue weighted by Gasteiger charge is -2.21. The number of benzene rings is 1. The Morgan fingerprint density at radius 1 is 1.38 bits per heavy atom. The lowest BCUT2D eigenvalue weighted by Crippen LogP contribution is -2.37. The summed E-state index contributed by atoms with van der Waals surface area (Å²) in [6.45, 7) is 5.94. The van der Waals surface area contributed by atoms with E-state index < -0.39 is 5.97 Å². The number of urea groups is 1. The van der Waals surface area contributed by atoms with Crippen molar-refractivity contribution in [1.82, 2.24) is 4.90 Å². The number of amides is 2. The molecule has 1 rings (SSSR count). The number of nitrogens with zero attached hydrogens (tertiary/aromatic N) is 1. The van der Waals surface area contributed by atoms with E-state index in [1.807, 2.05) is 13.8 Å². The topological polar surface area (TPSA) is 78.9 Å². The van der Waals surface area contributed by atoms with E-state index in [4.69, 9.17) is 9.84 Å². The van der Waals surface area contributed by atoms with Gasteiger partial charge in [-0.25, -0.2) is 9.59 Å². The van der Waals surface area contributed by atoms with Crippen molar-refractivity contribution in [2.45, 2.75) is 13.8 Å². The fourth-order valence-corrected chi connectivity index (χ4v) is 2.14. The van der Waals surface area contributed by atoms with Crippen molar-refractivity contribution in [2.24, 2.45) is 0 Å². The van der Waals surface area contributed by atoms with Crippen LogP contribution < -0.4 is 5.32 Å². The van der Waals surface area contributed by atoms with Crippen LogP contribution in [0.4, 0.5) is 10.5 Å². The minimum Gasteiger partial charge on any atom is -0.478 e. The number of likely N-dealkylation sites (N-methyl/N-ethyl adjacent to an activating group) is 1. The maximum Gasteiger partial charge on any atom is 0.335 e. The van der Waals surface area contributed by atoms with Gasteiger partial charge in [-0.1, -0.05) is 0 Å². The molecule has 0 fully saturated rings. The number of hydrogen-bond donors (Lipinski definition) is 2. The number of carbonyl (C=O) groups is 2. The summed E-state index contributed by atoms with van der Waals surface area (Å²) >= 11 is 3.26. The molecule has 0 bridgehead atoms. The molecule has 2 N–H and O–H groups in total. The highest BCUT2D eigenvalue weighted by molar-refractivity contribution is 9.10. The van der Waals surface area contributed by atoms with Crippen molar-refractivity contribution in [3.63, 3.8) is 0 Å². The van der Waals surface area contributed by atoms with Gasteiger partial charge in [-0.2, -0.15) is 0 Å². The van der Waals surface area contributed by atoms with Gasteiger partial charge in [-0.05, 0) is 48.0 Å². The first-order valence-corrected chi connectivity index (χ1v) is 7.45. The van der Waals surface area contributed by atoms with Crippen molar-refractivity contribution in [3.05, 3.63) is 28.2 Å². The average Bonchev–Trinajstić information content (AvgIpc) is 2.45. The molecule has 0 radical (unpaired) electrons. The summed E-state index contributed by atoms with van der Waals surface area (Å²) in [7, 11) is 0. The highest BCUT2D eigenvalue weighted by atomic mass is 79.9. The van der Waals surface area contributed by atoms with Crippen LogP contribution in [-0.4, -0.2) is 48.3 Å². The number of nitrogens with one attached hydrogen (secondary N) is 1. The van der Waals surface area contributed by atoms with E-state index in [0.29, 0.717) is 36.5 Å². The SMILES string of the molecule is CCOCCN(CC)C(=O)Nc1ccc(C(=O)O)cc1Br. The van der Waals surface area contributed by atoms with E-state index >= 15 is 0 Å². The van der Waals surface area contributed by atoms with Crippen LogP contribution in [0.1, 0.15) is 24.2 Å². The van der Waals surface area contributed by atoms with Gasteiger partial charge in [0, 0.05) is 24.2 Å². The molecule has 0 aliphatic rings. The maximum atomic E-state index is 12.1. The summed E-state index contributed by atoms with van der Waals surface area (Å²) < 4.78 is 5.76. The molecule has 0 heterocycles. The fraction of sp³-hybridized carbons (Fsp3) is 0.429. The third-order valence-electron chi connectivity index (χ3n) is 2.84. The van der Waals surface area contributed by atoms with Crippen LogP contribution >= 0.6 is 15.9 Å². The molecule has 0 unspecified atom stereocenters. The molecule has 0 spiro atoms. The van der Waals surface area contributed by atoms with Crippen molar-refractivity contribution < 1.29 is 19.4 Å². The minimum atomic E-state index is -1.01. The smallest absolute Gasteiger partial charge is 0.335 e. The standard InChI is InChI=1S/C14H19BrN2O4/c1-3-17(7-8-21-4-2)14(20)16-12-6-5-10(13(18)19)9-11(12)15/h5-6,9H,3-4,7-8H2,1-2H3,(H,16,20)(H,18,19). The van der Waals surface area contributed by atoms with Crippen LogP contribution in [0.15, 0.2) is 22.7 Å². The largest absolute Gasteiger partial charge is 0.478 e. The Balaban J connectivity index is 2.70. The van der Waals surface area contributed by atoms with Crippen LogP contribution in [0.2, 0.25) is 0 Å². The first kappa shape index (κ1) is 17.5. The molecule has 6 nitrogen and oxygen atoms in total. The highest BCUT2D eigenvalue weighted by Crippen LogP contribution is 2.24. The second-order valence-corrected chi connectivity index (χ2v) is 5.06. The molecular weight excluding hydrogens is 340 g/mol. The van der Waals surface area contributed by atoms with Gasteiger partial charge >= 0.3 is 12.0 Å². The summed E-state index contributed by atoms with van der Waals surface area (Å²) in [4.78, 5) is 24.6. The molecule has 21 heavy (non-hydrogen) atoms. The Hall–Kier alpha value is -1.60. The van der Waals surface area contributed by atoms with Gasteiger partial charge < -0.3 is 20.1 Å². The second kappa shape index (κ2) is 8.63. The van der Waals surface area contributed by atoms with Crippen LogP contribution in [-0.2, 0) is 4.74 Å². The first-order chi connectivity index (χ1) is 9.99. The predicted molar refractivity (Wildman–Crippen MR) is 83.9 cm³/mol. The van der Waals surface area contributed by atoms with Crippen LogP contribution in [0, 0.1) is 0 Å². The molecule has 1 aromatic carbocycles. The lowest BCUT2D eigenvalue weighted by atomic mass is 10.2. The lowest BCUT2D eigenvalue weighted by molar-refractivity contribution is 0.0697. The molecule has 0 aliphatic heterocycles. The predicted octanol–water partition coefficient (Wildman–Crippen LogP) is 3.04. The number of halogens is 1. The molecule has 0 saturated heterocycles. The van der Waals surface area contributed by atoms with Crippen LogP contribution in [0.25, 0.3) is 0 Å². The summed E-state index contributed by atoms with van der Waals surface area (Å²) in [6, 6.07) is 4.20. The van der Waals surface area contributed by atoms with Gasteiger partial charge in [-0.15, -0.1) is 0 Å². The minimum absolute atomic E-state index is 0.156. The van der Waals surface area contributed by atoms with E-state index in [0.717, 1.165) is 0 Å². The number of carboxylic acid groups (broad SMARTS) is 1. The second-order valence-electron chi connectivity index (χ2n) is 4.21. The normalized spacial score (nSPS) is 10.2. The first-order valence-electron chi connectivity index (χ1n) is 6.66. The molecule has 0 atom stereocenters. The molecule has 7 heteroatoms. The van der Waals surface area contributed by atoms with Gasteiger partial charge in [0.25, 0.3) is 0 Å². The molecule has 0 aliphatic carbocycles. The Morgan fingerprint density at radius 2 is 2.10 bits per heavy atom. The van der Waals surface area contributed by atoms with E-state index in [9.17, 15) is 9.59 Å². The van der Waals surface area contributed by atoms with E-state index in [1.165, 1.54) is 12.1 Å². The van der Waals surface area contributed by atoms with Gasteiger partial charge in [-0.3, -0.25) is 0 Å². The highest BCUT2D eigenvalue weighted by Gasteiger charge is 2.14. The Kier molecular flexibility index (Phi) is 7.18. The Morgan fingerprint density at radius 3 is 2.62 bits per heavy atom. The summed E-state index contributed by atoms with van der Waals surface area (Å²) in [5.74, 6) is -1.01. The summed E-state index contributed by atoms with van der Waals surface area (Å²) in [6.07, 6.45) is 0. The van der Waals surface area contributed by atoms with Gasteiger partial charge in [0.2, 0.25) is 0 Å². The Bertz CT molecular complexity index is 508. The zero-order valence-corrected chi connectivity index (χ0v) is 13.6. The number of hydrogen-bond acceptors (Lipinski definition) is 3. The number of rotatable bonds is 7. The molecule has 2 amide bonds. The third kappa shape index (κ3) is 5.35. The van der Waals surface area contributed by atoms with E-state index in [2.05, 4.69) is 21.2 Å². The molecule has 0 saturated carbocycles. The zero-order valence-electron chi connectivity index (χ0n) is 12.1. The Labute approximate surface area is 132 Å². The number of carboxylic acids is 1. The third-order valence-corrected chi connectivity index (χ3v) is 3.49. The molecule has 1 aromatic rings. The number of ether oxygens (including phenoxy) is 1. The van der Waals surface area contributed by atoms with Crippen molar-refractivity contribution in [3.8, 4) is 0 Å². The average molecular weight is 359 g/mol. The van der Waals surface area contributed by atoms with Crippen molar-refractivity contribution in [2.75, 3.05) is 31.6 Å². The zero-order chi connectivity index (χ0) is 15.8. The van der Waals surface area contributed by atoms with Gasteiger partial charge in [0.05, 0.1) is 17.9 Å². The summed E-state index contributed by atoms with van der Waals surface area (Å²) in [5, 5.41) is 11.6. The number of aromatic carboxylic acids is 1. The van der Waals surface area contributed by atoms with Gasteiger partial charge in [0.1, 0.15) is 0 Å². The monoisotopic (exact) mass is 358 g/mol. The van der Waals surface area contributed by atoms with Crippen molar-refractivity contribution >= 4 is 33.6 Å². The van der Waals surface area contributed by atoms with Gasteiger partial charge in [0.15, 0.2) is 0 Å². The van der Waals surface area contributed by atoms with Crippen LogP contribution in [0.5, 0.6) is 0 Å². The van der Waals surface area contributed by atoms with Crippen LogP contribution in [0.3, 0.4) is 0 Å². The van der Waals surface area contributed by atoms with Crippen molar-refractivity contribution in [1.29, 1.82) is 0 Å². The number of carbonyl (C=O) groups excluding carboxylic acids is 1. The van der Waals surface area contributed by atoms with E-state index in [-0.39, 0.29) is 11.6 Å². The number of anilines is 1. The summed E-state index contributed by atoms with van der Waals surface area (Å²) in [5.41, 5.74) is 0.684. The molecule has 0 aromatic heterocycles. The van der Waals surface area contributed by atoms with E-state index in [1.54, 1.807) is 11.0 Å². The molecule has 116 valence electrons. The fourth-order valence-electron chi connectivity index (χ4n) is 1.67. The maximum absolute atomic E-state index is 12.1.